The molecule has 0 aromatic heterocycles. The minimum Gasteiger partial charge on any atom is -0.368 e. The number of hydrogen-bond acceptors (Lipinski definition) is 3. The molecule has 1 aliphatic heterocycles. The third kappa shape index (κ3) is 2.65. The van der Waals surface area contributed by atoms with Crippen molar-refractivity contribution < 1.29 is 4.79 Å². The van der Waals surface area contributed by atoms with Crippen LogP contribution in [0.15, 0.2) is 48.5 Å². The SMILES string of the molecule is Cl.NCc1ccc(N2c3ccccc3C(Cl)C2C(N)=O)cc1. The fraction of sp³-hybridized carbons (Fsp3) is 0.188. The predicted molar refractivity (Wildman–Crippen MR) is 91.7 cm³/mol. The first-order chi connectivity index (χ1) is 10.1. The van der Waals surface area contributed by atoms with Crippen LogP contribution in [0.1, 0.15) is 16.5 Å². The van der Waals surface area contributed by atoms with E-state index in [0.29, 0.717) is 6.54 Å². The van der Waals surface area contributed by atoms with E-state index >= 15 is 0 Å². The molecule has 2 aromatic carbocycles. The maximum absolute atomic E-state index is 11.9. The number of carbonyl (C=O) groups excluding carboxylic acids is 1. The highest BCUT2D eigenvalue weighted by Crippen LogP contribution is 2.46. The molecule has 0 spiro atoms. The molecule has 0 saturated heterocycles. The van der Waals surface area contributed by atoms with Crippen LogP contribution in [-0.2, 0) is 11.3 Å². The van der Waals surface area contributed by atoms with Crippen LogP contribution in [0.4, 0.5) is 11.4 Å². The van der Waals surface area contributed by atoms with Crippen LogP contribution in [0.2, 0.25) is 0 Å². The smallest absolute Gasteiger partial charge is 0.242 e. The number of nitrogens with zero attached hydrogens (tertiary/aromatic N) is 1. The van der Waals surface area contributed by atoms with Crippen LogP contribution in [0.5, 0.6) is 0 Å². The number of rotatable bonds is 3. The molecule has 22 heavy (non-hydrogen) atoms. The Morgan fingerprint density at radius 2 is 1.77 bits per heavy atom. The van der Waals surface area contributed by atoms with Gasteiger partial charge >= 0.3 is 0 Å². The molecule has 1 heterocycles. The first-order valence-electron chi connectivity index (χ1n) is 6.74. The minimum absolute atomic E-state index is 0. The molecule has 4 nitrogen and oxygen atoms in total. The van der Waals surface area contributed by atoms with Gasteiger partial charge in [-0.2, -0.15) is 0 Å². The normalized spacial score (nSPS) is 19.5. The van der Waals surface area contributed by atoms with Crippen LogP contribution in [0.3, 0.4) is 0 Å². The van der Waals surface area contributed by atoms with E-state index in [1.807, 2.05) is 53.4 Å². The van der Waals surface area contributed by atoms with E-state index in [1.165, 1.54) is 0 Å². The number of carbonyl (C=O) groups is 1. The molecule has 0 bridgehead atoms. The molecule has 2 unspecified atom stereocenters. The molecule has 1 amide bonds. The van der Waals surface area contributed by atoms with Crippen molar-refractivity contribution >= 4 is 41.3 Å². The second kappa shape index (κ2) is 6.57. The molecule has 0 aliphatic carbocycles. The Morgan fingerprint density at radius 1 is 1.14 bits per heavy atom. The summed E-state index contributed by atoms with van der Waals surface area (Å²) in [7, 11) is 0. The van der Waals surface area contributed by atoms with Crippen molar-refractivity contribution in [1.29, 1.82) is 0 Å². The molecule has 4 N–H and O–H groups in total. The zero-order valence-electron chi connectivity index (χ0n) is 11.8. The number of para-hydroxylation sites is 1. The molecule has 1 aliphatic rings. The lowest BCUT2D eigenvalue weighted by molar-refractivity contribution is -0.119. The molecule has 2 aromatic rings. The fourth-order valence-electron chi connectivity index (χ4n) is 2.75. The average molecular weight is 338 g/mol. The van der Waals surface area contributed by atoms with E-state index < -0.39 is 17.3 Å². The molecule has 0 saturated carbocycles. The quantitative estimate of drug-likeness (QED) is 0.846. The summed E-state index contributed by atoms with van der Waals surface area (Å²) in [5.41, 5.74) is 14.9. The number of nitrogens with two attached hydrogens (primary N) is 2. The number of primary amides is 1. The first-order valence-corrected chi connectivity index (χ1v) is 7.17. The predicted octanol–water partition coefficient (Wildman–Crippen LogP) is 2.85. The van der Waals surface area contributed by atoms with Crippen LogP contribution in [0, 0.1) is 0 Å². The highest BCUT2D eigenvalue weighted by molar-refractivity contribution is 6.25. The van der Waals surface area contributed by atoms with Gasteiger partial charge in [0.05, 0.1) is 5.38 Å². The van der Waals surface area contributed by atoms with E-state index in [1.54, 1.807) is 0 Å². The summed E-state index contributed by atoms with van der Waals surface area (Å²) in [4.78, 5) is 13.8. The van der Waals surface area contributed by atoms with Gasteiger partial charge < -0.3 is 16.4 Å². The van der Waals surface area contributed by atoms with Crippen molar-refractivity contribution in [2.75, 3.05) is 4.90 Å². The summed E-state index contributed by atoms with van der Waals surface area (Å²) in [6, 6.07) is 14.9. The summed E-state index contributed by atoms with van der Waals surface area (Å²) >= 11 is 6.44. The Bertz CT molecular complexity index is 675. The van der Waals surface area contributed by atoms with Gasteiger partial charge in [-0.1, -0.05) is 30.3 Å². The lowest BCUT2D eigenvalue weighted by Crippen LogP contribution is -2.41. The van der Waals surface area contributed by atoms with Gasteiger partial charge in [0.15, 0.2) is 0 Å². The fourth-order valence-corrected chi connectivity index (χ4v) is 3.18. The number of fused-ring (bicyclic) bond motifs is 1. The second-order valence-electron chi connectivity index (χ2n) is 5.05. The van der Waals surface area contributed by atoms with Crippen LogP contribution in [0.25, 0.3) is 0 Å². The minimum atomic E-state index is -0.590. The Kier molecular flexibility index (Phi) is 4.96. The van der Waals surface area contributed by atoms with Gasteiger partial charge in [0.1, 0.15) is 6.04 Å². The van der Waals surface area contributed by atoms with Crippen LogP contribution in [-0.4, -0.2) is 11.9 Å². The van der Waals surface area contributed by atoms with Crippen LogP contribution >= 0.6 is 24.0 Å². The lowest BCUT2D eigenvalue weighted by Gasteiger charge is -2.26. The third-order valence-electron chi connectivity index (χ3n) is 3.79. The summed E-state index contributed by atoms with van der Waals surface area (Å²) in [6.45, 7) is 0.480. The number of amides is 1. The summed E-state index contributed by atoms with van der Waals surface area (Å²) in [6.07, 6.45) is 0. The maximum atomic E-state index is 11.9. The molecular formula is C16H17Cl2N3O. The number of halogens is 2. The topological polar surface area (TPSA) is 72.3 Å². The molecule has 0 radical (unpaired) electrons. The van der Waals surface area contributed by atoms with Gasteiger partial charge in [-0.05, 0) is 29.3 Å². The first kappa shape index (κ1) is 16.6. The molecular weight excluding hydrogens is 321 g/mol. The molecule has 116 valence electrons. The summed E-state index contributed by atoms with van der Waals surface area (Å²) in [5.74, 6) is -0.436. The van der Waals surface area contributed by atoms with Crippen molar-refractivity contribution in [3.05, 3.63) is 59.7 Å². The van der Waals surface area contributed by atoms with Crippen molar-refractivity contribution in [2.24, 2.45) is 11.5 Å². The lowest BCUT2D eigenvalue weighted by atomic mass is 10.1. The standard InChI is InChI=1S/C16H16ClN3O.ClH/c17-14-12-3-1-2-4-13(12)20(15(14)16(19)21)11-7-5-10(9-18)6-8-11;/h1-8,14-15H,9,18H2,(H2,19,21);1H. The van der Waals surface area contributed by atoms with Gasteiger partial charge in [0.25, 0.3) is 0 Å². The van der Waals surface area contributed by atoms with E-state index in [0.717, 1.165) is 22.5 Å². The highest BCUT2D eigenvalue weighted by Gasteiger charge is 2.41. The van der Waals surface area contributed by atoms with Gasteiger partial charge in [-0.15, -0.1) is 24.0 Å². The number of hydrogen-bond donors (Lipinski definition) is 2. The molecule has 6 heteroatoms. The van der Waals surface area contributed by atoms with Gasteiger partial charge in [0, 0.05) is 17.9 Å². The van der Waals surface area contributed by atoms with Crippen molar-refractivity contribution in [2.45, 2.75) is 18.0 Å². The number of anilines is 2. The maximum Gasteiger partial charge on any atom is 0.242 e. The van der Waals surface area contributed by atoms with E-state index in [-0.39, 0.29) is 12.4 Å². The highest BCUT2D eigenvalue weighted by atomic mass is 35.5. The number of alkyl halides is 1. The Hall–Kier alpha value is -1.75. The van der Waals surface area contributed by atoms with Crippen LogP contribution < -0.4 is 16.4 Å². The van der Waals surface area contributed by atoms with Crippen molar-refractivity contribution in [3.63, 3.8) is 0 Å². The van der Waals surface area contributed by atoms with E-state index in [2.05, 4.69) is 0 Å². The summed E-state index contributed by atoms with van der Waals surface area (Å²) < 4.78 is 0. The Morgan fingerprint density at radius 3 is 2.36 bits per heavy atom. The van der Waals surface area contributed by atoms with Crippen molar-refractivity contribution in [1.82, 2.24) is 0 Å². The zero-order valence-corrected chi connectivity index (χ0v) is 13.3. The second-order valence-corrected chi connectivity index (χ2v) is 5.52. The van der Waals surface area contributed by atoms with E-state index in [9.17, 15) is 4.79 Å². The van der Waals surface area contributed by atoms with Gasteiger partial charge in [-0.25, -0.2) is 0 Å². The Balaban J connectivity index is 0.00000176. The largest absolute Gasteiger partial charge is 0.368 e. The Labute approximate surface area is 140 Å². The van der Waals surface area contributed by atoms with E-state index in [4.69, 9.17) is 23.1 Å². The molecule has 2 atom stereocenters. The monoisotopic (exact) mass is 337 g/mol. The average Bonchev–Trinajstić information content (AvgIpc) is 2.81. The number of benzene rings is 2. The molecule has 3 rings (SSSR count). The third-order valence-corrected chi connectivity index (χ3v) is 4.26. The summed E-state index contributed by atoms with van der Waals surface area (Å²) in [5, 5.41) is -0.451. The van der Waals surface area contributed by atoms with Crippen molar-refractivity contribution in [3.8, 4) is 0 Å². The van der Waals surface area contributed by atoms with Gasteiger partial charge in [0.2, 0.25) is 5.91 Å². The molecule has 0 fully saturated rings. The van der Waals surface area contributed by atoms with Gasteiger partial charge in [-0.3, -0.25) is 4.79 Å². The zero-order chi connectivity index (χ0) is 15.0.